The van der Waals surface area contributed by atoms with Crippen molar-refractivity contribution in [2.45, 2.75) is 32.8 Å². The number of methoxy groups -OCH3 is 1. The molecule has 0 atom stereocenters. The van der Waals surface area contributed by atoms with Crippen LogP contribution in [0, 0.1) is 36.5 Å². The van der Waals surface area contributed by atoms with Crippen LogP contribution >= 0.6 is 0 Å². The molecule has 0 fully saturated rings. The third-order valence-corrected chi connectivity index (χ3v) is 7.04. The van der Waals surface area contributed by atoms with E-state index in [4.69, 9.17) is 20.0 Å². The second-order valence-electron chi connectivity index (χ2n) is 10.3. The van der Waals surface area contributed by atoms with Gasteiger partial charge in [0.2, 0.25) is 5.43 Å². The number of nitrogens with zero attached hydrogens (tertiary/aromatic N) is 5. The van der Waals surface area contributed by atoms with Crippen molar-refractivity contribution in [2.75, 3.05) is 7.11 Å². The van der Waals surface area contributed by atoms with Crippen LogP contribution in [0.1, 0.15) is 39.2 Å². The van der Waals surface area contributed by atoms with E-state index >= 15 is 0 Å². The Morgan fingerprint density at radius 2 is 1.27 bits per heavy atom. The van der Waals surface area contributed by atoms with Crippen LogP contribution in [0.4, 0.5) is 26.3 Å². The number of alkyl halides is 6. The summed E-state index contributed by atoms with van der Waals surface area (Å²) < 4.78 is 88.6. The van der Waals surface area contributed by atoms with Gasteiger partial charge in [0, 0.05) is 22.3 Å². The highest BCUT2D eigenvalue weighted by atomic mass is 19.4. The molecule has 9 nitrogen and oxygen atoms in total. The van der Waals surface area contributed by atoms with Crippen LogP contribution in [-0.4, -0.2) is 27.5 Å². The number of hydrogen-bond donors (Lipinski definition) is 1. The van der Waals surface area contributed by atoms with Gasteiger partial charge in [-0.3, -0.25) is 9.89 Å². The van der Waals surface area contributed by atoms with E-state index in [1.54, 1.807) is 55.6 Å². The van der Waals surface area contributed by atoms with Gasteiger partial charge in [-0.15, -0.1) is 10.2 Å². The van der Waals surface area contributed by atoms with Crippen molar-refractivity contribution in [3.8, 4) is 46.2 Å². The van der Waals surface area contributed by atoms with Crippen molar-refractivity contribution in [1.82, 2.24) is 20.4 Å². The third-order valence-electron chi connectivity index (χ3n) is 7.04. The second-order valence-corrected chi connectivity index (χ2v) is 10.3. The predicted octanol–water partition coefficient (Wildman–Crippen LogP) is 7.57. The molecule has 0 aliphatic rings. The number of nitriles is 2. The summed E-state index contributed by atoms with van der Waals surface area (Å²) in [6.45, 7) is 2.43. The molecule has 0 radical (unpaired) electrons. The molecule has 49 heavy (non-hydrogen) atoms. The maximum Gasteiger partial charge on any atom is 0.435 e. The van der Waals surface area contributed by atoms with Gasteiger partial charge in [-0.2, -0.15) is 42.0 Å². The zero-order chi connectivity index (χ0) is 35.9. The minimum atomic E-state index is -4.65. The molecule has 5 aromatic rings. The number of benzene rings is 3. The first-order valence-corrected chi connectivity index (χ1v) is 14.1. The molecule has 250 valence electrons. The fraction of sp³-hybridized carbons (Fsp3) is 0.176. The van der Waals surface area contributed by atoms with E-state index in [0.717, 1.165) is 12.5 Å². The van der Waals surface area contributed by atoms with Crippen LogP contribution in [0.5, 0.6) is 11.5 Å². The molecule has 3 aromatic carbocycles. The van der Waals surface area contributed by atoms with E-state index < -0.39 is 34.7 Å². The Bertz CT molecular complexity index is 2080. The maximum absolute atomic E-state index is 13.3. The third kappa shape index (κ3) is 8.39. The van der Waals surface area contributed by atoms with Gasteiger partial charge in [-0.1, -0.05) is 36.4 Å². The molecule has 0 spiro atoms. The summed E-state index contributed by atoms with van der Waals surface area (Å²) in [6.07, 6.45) is -9.31. The fourth-order valence-corrected chi connectivity index (χ4v) is 4.43. The van der Waals surface area contributed by atoms with Crippen LogP contribution in [0.15, 0.2) is 77.6 Å². The van der Waals surface area contributed by atoms with Gasteiger partial charge < -0.3 is 9.47 Å². The summed E-state index contributed by atoms with van der Waals surface area (Å²) in [7, 11) is 1.54. The molecule has 15 heteroatoms. The van der Waals surface area contributed by atoms with E-state index in [0.29, 0.717) is 28.0 Å². The monoisotopic (exact) mass is 678 g/mol. The molecular weight excluding hydrogens is 654 g/mol. The highest BCUT2D eigenvalue weighted by molar-refractivity contribution is 5.68. The number of aromatic nitrogens is 4. The van der Waals surface area contributed by atoms with Crippen molar-refractivity contribution in [3.63, 3.8) is 0 Å². The van der Waals surface area contributed by atoms with E-state index in [2.05, 4.69) is 15.3 Å². The molecule has 0 saturated carbocycles. The SMILES string of the molecule is COc1ccc(COc2c(-c3ccc(C#N)cc3)nnc(C(F)(F)F)c2C)cc1.Cc1c(C(F)(F)F)[nH]nc(-c2ccc(C#N)cc2)c1=O. The number of halogens is 6. The molecule has 0 aliphatic heterocycles. The standard InChI is InChI=1S/C21H16F3N3O2.C13H8F3N3O/c1-13-19(29-12-15-5-9-17(28-2)10-6-15)18(26-27-20(13)21(22,23)24)16-7-3-14(11-25)4-8-16;1-7-11(20)10(18-19-12(7)13(14,15)16)9-4-2-8(6-17)3-5-9/h3-10H,12H2,1-2H3;2-5H,1H3,(H,19,20). The zero-order valence-corrected chi connectivity index (χ0v) is 25.9. The van der Waals surface area contributed by atoms with E-state index in [-0.39, 0.29) is 29.3 Å². The van der Waals surface area contributed by atoms with E-state index in [9.17, 15) is 31.1 Å². The average Bonchev–Trinajstić information content (AvgIpc) is 3.08. The first-order chi connectivity index (χ1) is 23.2. The number of rotatable bonds is 6. The topological polar surface area (TPSA) is 138 Å². The van der Waals surface area contributed by atoms with Gasteiger partial charge in [0.25, 0.3) is 0 Å². The highest BCUT2D eigenvalue weighted by Gasteiger charge is 2.37. The second kappa shape index (κ2) is 14.7. The largest absolute Gasteiger partial charge is 0.497 e. The molecule has 0 unspecified atom stereocenters. The highest BCUT2D eigenvalue weighted by Crippen LogP contribution is 2.38. The minimum absolute atomic E-state index is 0.00662. The van der Waals surface area contributed by atoms with Crippen molar-refractivity contribution >= 4 is 0 Å². The van der Waals surface area contributed by atoms with Crippen molar-refractivity contribution in [3.05, 3.63) is 122 Å². The lowest BCUT2D eigenvalue weighted by molar-refractivity contribution is -0.143. The Labute approximate surface area is 275 Å². The van der Waals surface area contributed by atoms with Crippen LogP contribution in [0.3, 0.4) is 0 Å². The normalized spacial score (nSPS) is 11.1. The van der Waals surface area contributed by atoms with Gasteiger partial charge in [0.05, 0.1) is 30.4 Å². The van der Waals surface area contributed by atoms with Gasteiger partial charge in [-0.25, -0.2) is 0 Å². The minimum Gasteiger partial charge on any atom is -0.497 e. The van der Waals surface area contributed by atoms with Crippen molar-refractivity contribution in [2.24, 2.45) is 0 Å². The zero-order valence-electron chi connectivity index (χ0n) is 25.9. The summed E-state index contributed by atoms with van der Waals surface area (Å²) in [6, 6.07) is 23.0. The lowest BCUT2D eigenvalue weighted by Crippen LogP contribution is -2.21. The molecule has 0 saturated heterocycles. The van der Waals surface area contributed by atoms with Crippen LogP contribution in [-0.2, 0) is 19.0 Å². The van der Waals surface area contributed by atoms with Crippen LogP contribution in [0.25, 0.3) is 22.5 Å². The van der Waals surface area contributed by atoms with E-state index in [1.165, 1.54) is 31.2 Å². The Balaban J connectivity index is 0.000000237. The van der Waals surface area contributed by atoms with Crippen molar-refractivity contribution in [1.29, 1.82) is 10.5 Å². The lowest BCUT2D eigenvalue weighted by atomic mass is 10.1. The summed E-state index contributed by atoms with van der Waals surface area (Å²) in [5, 5.41) is 30.1. The predicted molar refractivity (Wildman–Crippen MR) is 164 cm³/mol. The number of H-pyrrole nitrogens is 1. The molecular formula is C34H24F6N6O3. The van der Waals surface area contributed by atoms with Gasteiger partial charge in [0.1, 0.15) is 29.4 Å². The van der Waals surface area contributed by atoms with Gasteiger partial charge in [-0.05, 0) is 55.8 Å². The molecule has 1 N–H and O–H groups in total. The Hall–Kier alpha value is -6.22. The summed E-state index contributed by atoms with van der Waals surface area (Å²) in [5.74, 6) is 0.654. The van der Waals surface area contributed by atoms with Crippen LogP contribution in [0.2, 0.25) is 0 Å². The Kier molecular flexibility index (Phi) is 10.7. The molecule has 2 heterocycles. The molecule has 0 amide bonds. The quantitative estimate of drug-likeness (QED) is 0.182. The molecule has 0 bridgehead atoms. The fourth-order valence-electron chi connectivity index (χ4n) is 4.43. The Morgan fingerprint density at radius 1 is 0.735 bits per heavy atom. The lowest BCUT2D eigenvalue weighted by Gasteiger charge is -2.17. The smallest absolute Gasteiger partial charge is 0.435 e. The molecule has 2 aromatic heterocycles. The summed E-state index contributed by atoms with van der Waals surface area (Å²) in [5.41, 5.74) is -1.16. The van der Waals surface area contributed by atoms with Gasteiger partial charge >= 0.3 is 12.4 Å². The maximum atomic E-state index is 13.3. The first kappa shape index (κ1) is 35.6. The number of nitrogens with one attached hydrogen (secondary N) is 1. The molecule has 5 rings (SSSR count). The Morgan fingerprint density at radius 3 is 1.73 bits per heavy atom. The summed E-state index contributed by atoms with van der Waals surface area (Å²) in [4.78, 5) is 11.9. The van der Waals surface area contributed by atoms with Crippen molar-refractivity contribution < 1.29 is 35.8 Å². The van der Waals surface area contributed by atoms with Crippen LogP contribution < -0.4 is 14.9 Å². The average molecular weight is 679 g/mol. The first-order valence-electron chi connectivity index (χ1n) is 14.1. The molecule has 0 aliphatic carbocycles. The number of aromatic amines is 1. The number of ether oxygens (including phenoxy) is 2. The van der Waals surface area contributed by atoms with E-state index in [1.807, 2.05) is 17.2 Å². The van der Waals surface area contributed by atoms with Gasteiger partial charge in [0.15, 0.2) is 11.4 Å². The number of hydrogen-bond acceptors (Lipinski definition) is 8. The summed E-state index contributed by atoms with van der Waals surface area (Å²) >= 11 is 0.